The van der Waals surface area contributed by atoms with Gasteiger partial charge in [-0.25, -0.2) is 9.48 Å². The fourth-order valence-corrected chi connectivity index (χ4v) is 5.49. The number of hydrogen-bond donors (Lipinski definition) is 1. The van der Waals surface area contributed by atoms with Gasteiger partial charge in [0.05, 0.1) is 18.8 Å². The molecular weight excluding hydrogens is 532 g/mol. The predicted octanol–water partition coefficient (Wildman–Crippen LogP) is 7.82. The summed E-state index contributed by atoms with van der Waals surface area (Å²) < 4.78 is 13.4. The third-order valence-electron chi connectivity index (χ3n) is 6.56. The van der Waals surface area contributed by atoms with Gasteiger partial charge in [0.25, 0.3) is 0 Å². The van der Waals surface area contributed by atoms with Crippen molar-refractivity contribution in [3.63, 3.8) is 0 Å². The van der Waals surface area contributed by atoms with Crippen molar-refractivity contribution in [3.05, 3.63) is 76.0 Å². The third-order valence-corrected chi connectivity index (χ3v) is 7.82. The maximum atomic E-state index is 13.3. The molecule has 3 aromatic rings. The number of halogens is 1. The Morgan fingerprint density at radius 1 is 1.03 bits per heavy atom. The highest BCUT2D eigenvalue weighted by molar-refractivity contribution is 7.98. The quantitative estimate of drug-likeness (QED) is 0.121. The van der Waals surface area contributed by atoms with Gasteiger partial charge < -0.3 is 14.8 Å². The van der Waals surface area contributed by atoms with Crippen molar-refractivity contribution in [2.24, 2.45) is 0 Å². The number of nitrogens with zero attached hydrogens (tertiary/aromatic N) is 3. The predicted molar refractivity (Wildman–Crippen MR) is 157 cm³/mol. The first kappa shape index (κ1) is 29.0. The number of hydrogen-bond acceptors (Lipinski definition) is 7. The summed E-state index contributed by atoms with van der Waals surface area (Å²) in [7, 11) is 0. The zero-order chi connectivity index (χ0) is 27.6. The molecule has 1 aromatic heterocycles. The first-order valence-corrected chi connectivity index (χ1v) is 15.1. The number of unbranched alkanes of at least 4 members (excludes halogenated alkanes) is 4. The fraction of sp³-hybridized carbons (Fsp3) is 0.433. The van der Waals surface area contributed by atoms with Crippen LogP contribution in [0.4, 0.5) is 5.95 Å². The summed E-state index contributed by atoms with van der Waals surface area (Å²) in [5.41, 5.74) is 3.16. The van der Waals surface area contributed by atoms with Crippen molar-refractivity contribution in [2.45, 2.75) is 76.2 Å². The lowest BCUT2D eigenvalue weighted by Gasteiger charge is -2.28. The van der Waals surface area contributed by atoms with Gasteiger partial charge in [-0.15, -0.1) is 5.10 Å². The number of allylic oxidation sites excluding steroid dienone is 1. The monoisotopic (exact) mass is 568 g/mol. The lowest BCUT2D eigenvalue weighted by Crippen LogP contribution is -2.29. The minimum absolute atomic E-state index is 0.346. The molecule has 1 atom stereocenters. The summed E-state index contributed by atoms with van der Waals surface area (Å²) in [5, 5.41) is 9.39. The third kappa shape index (κ3) is 7.57. The summed E-state index contributed by atoms with van der Waals surface area (Å²) in [4.78, 5) is 18.0. The zero-order valence-corrected chi connectivity index (χ0v) is 24.5. The van der Waals surface area contributed by atoms with Crippen molar-refractivity contribution in [2.75, 3.05) is 18.5 Å². The molecule has 0 saturated heterocycles. The maximum absolute atomic E-state index is 13.3. The van der Waals surface area contributed by atoms with Gasteiger partial charge in [-0.1, -0.05) is 93.2 Å². The SMILES string of the molecule is CCCCCCOc1ccc(C2C(C(=O)OCCCC)=C(C)Nc3nc(SCc4ccccc4Cl)nn32)cc1. The summed E-state index contributed by atoms with van der Waals surface area (Å²) in [5.74, 6) is 1.68. The van der Waals surface area contributed by atoms with Gasteiger partial charge in [-0.3, -0.25) is 0 Å². The van der Waals surface area contributed by atoms with E-state index < -0.39 is 6.04 Å². The van der Waals surface area contributed by atoms with Crippen LogP contribution in [0.15, 0.2) is 65.0 Å². The number of carbonyl (C=O) groups excluding carboxylic acids is 1. The van der Waals surface area contributed by atoms with Crippen LogP contribution in [0.3, 0.4) is 0 Å². The Balaban J connectivity index is 1.58. The second-order valence-corrected chi connectivity index (χ2v) is 10.9. The van der Waals surface area contributed by atoms with Crippen LogP contribution in [0, 0.1) is 0 Å². The Kier molecular flexibility index (Phi) is 10.7. The van der Waals surface area contributed by atoms with Crippen molar-refractivity contribution in [1.82, 2.24) is 14.8 Å². The van der Waals surface area contributed by atoms with Crippen molar-refractivity contribution < 1.29 is 14.3 Å². The van der Waals surface area contributed by atoms with Gasteiger partial charge in [0.15, 0.2) is 0 Å². The average molecular weight is 569 g/mol. The van der Waals surface area contributed by atoms with Gasteiger partial charge in [-0.05, 0) is 49.1 Å². The zero-order valence-electron chi connectivity index (χ0n) is 22.9. The van der Waals surface area contributed by atoms with E-state index in [1.165, 1.54) is 31.0 Å². The molecule has 208 valence electrons. The van der Waals surface area contributed by atoms with Crippen molar-refractivity contribution in [3.8, 4) is 5.75 Å². The summed E-state index contributed by atoms with van der Waals surface area (Å²) in [6.45, 7) is 7.23. The second-order valence-electron chi connectivity index (χ2n) is 9.58. The molecule has 1 N–H and O–H groups in total. The lowest BCUT2D eigenvalue weighted by atomic mass is 9.96. The van der Waals surface area contributed by atoms with Crippen LogP contribution >= 0.6 is 23.4 Å². The van der Waals surface area contributed by atoms with E-state index in [0.29, 0.717) is 46.4 Å². The summed E-state index contributed by atoms with van der Waals surface area (Å²) in [6.07, 6.45) is 6.40. The van der Waals surface area contributed by atoms with Crippen molar-refractivity contribution in [1.29, 1.82) is 0 Å². The highest BCUT2D eigenvalue weighted by atomic mass is 35.5. The molecule has 2 heterocycles. The number of benzene rings is 2. The molecular formula is C30H37ClN4O3S. The first-order valence-electron chi connectivity index (χ1n) is 13.7. The summed E-state index contributed by atoms with van der Waals surface area (Å²) >= 11 is 7.85. The fourth-order valence-electron chi connectivity index (χ4n) is 4.37. The molecule has 1 aliphatic rings. The van der Waals surface area contributed by atoms with Crippen LogP contribution in [0.1, 0.15) is 76.5 Å². The minimum Gasteiger partial charge on any atom is -0.494 e. The smallest absolute Gasteiger partial charge is 0.338 e. The molecule has 0 saturated carbocycles. The number of ether oxygens (including phenoxy) is 2. The van der Waals surface area contributed by atoms with E-state index >= 15 is 0 Å². The Morgan fingerprint density at radius 2 is 1.79 bits per heavy atom. The standard InChI is InChI=1S/C30H37ClN4O3S/c1-4-6-8-11-19-37-24-16-14-22(15-17-24)27-26(28(36)38-18-7-5-2)21(3)32-29-33-30(34-35(27)29)39-20-23-12-9-10-13-25(23)31/h9-10,12-17,27H,4-8,11,18-20H2,1-3H3,(H,32,33,34). The first-order chi connectivity index (χ1) is 19.0. The van der Waals surface area contributed by atoms with Crippen LogP contribution in [0.2, 0.25) is 5.02 Å². The van der Waals surface area contributed by atoms with E-state index in [2.05, 4.69) is 19.2 Å². The number of carbonyl (C=O) groups is 1. The van der Waals surface area contributed by atoms with Gasteiger partial charge in [-0.2, -0.15) is 4.98 Å². The maximum Gasteiger partial charge on any atom is 0.338 e. The Hall–Kier alpha value is -2.97. The highest BCUT2D eigenvalue weighted by Gasteiger charge is 2.35. The van der Waals surface area contributed by atoms with Crippen LogP contribution in [-0.2, 0) is 15.3 Å². The number of rotatable bonds is 14. The number of aromatic nitrogens is 3. The van der Waals surface area contributed by atoms with E-state index in [1.807, 2.05) is 55.5 Å². The largest absolute Gasteiger partial charge is 0.494 e. The van der Waals surface area contributed by atoms with E-state index in [9.17, 15) is 4.79 Å². The molecule has 0 bridgehead atoms. The molecule has 7 nitrogen and oxygen atoms in total. The van der Waals surface area contributed by atoms with Crippen LogP contribution in [-0.4, -0.2) is 33.9 Å². The van der Waals surface area contributed by atoms with Crippen LogP contribution in [0.5, 0.6) is 5.75 Å². The number of anilines is 1. The van der Waals surface area contributed by atoms with E-state index in [-0.39, 0.29) is 5.97 Å². The van der Waals surface area contributed by atoms with E-state index in [0.717, 1.165) is 36.1 Å². The van der Waals surface area contributed by atoms with E-state index in [1.54, 1.807) is 4.68 Å². The molecule has 0 aliphatic carbocycles. The molecule has 1 unspecified atom stereocenters. The number of thioether (sulfide) groups is 1. The Morgan fingerprint density at radius 3 is 2.54 bits per heavy atom. The summed E-state index contributed by atoms with van der Waals surface area (Å²) in [6, 6.07) is 15.2. The molecule has 0 amide bonds. The van der Waals surface area contributed by atoms with Crippen LogP contribution < -0.4 is 10.1 Å². The molecule has 1 aliphatic heterocycles. The number of esters is 1. The minimum atomic E-state index is -0.476. The Labute approximate surface area is 240 Å². The number of fused-ring (bicyclic) bond motifs is 1. The molecule has 0 radical (unpaired) electrons. The van der Waals surface area contributed by atoms with Gasteiger partial charge >= 0.3 is 5.97 Å². The molecule has 9 heteroatoms. The van der Waals surface area contributed by atoms with Gasteiger partial charge in [0.2, 0.25) is 11.1 Å². The Bertz CT molecular complexity index is 1280. The van der Waals surface area contributed by atoms with Crippen LogP contribution in [0.25, 0.3) is 0 Å². The molecule has 2 aromatic carbocycles. The molecule has 4 rings (SSSR count). The van der Waals surface area contributed by atoms with Gasteiger partial charge in [0.1, 0.15) is 11.8 Å². The normalized spacial score (nSPS) is 14.6. The molecule has 0 fully saturated rings. The molecule has 39 heavy (non-hydrogen) atoms. The second kappa shape index (κ2) is 14.4. The van der Waals surface area contributed by atoms with Crippen molar-refractivity contribution >= 4 is 35.3 Å². The van der Waals surface area contributed by atoms with E-state index in [4.69, 9.17) is 31.2 Å². The number of nitrogens with one attached hydrogen (secondary N) is 1. The van der Waals surface area contributed by atoms with Gasteiger partial charge in [0, 0.05) is 16.5 Å². The topological polar surface area (TPSA) is 78.3 Å². The average Bonchev–Trinajstić information content (AvgIpc) is 3.34. The molecule has 0 spiro atoms. The lowest BCUT2D eigenvalue weighted by molar-refractivity contribution is -0.139. The highest BCUT2D eigenvalue weighted by Crippen LogP contribution is 2.38.